The lowest BCUT2D eigenvalue weighted by Gasteiger charge is -2.26. The van der Waals surface area contributed by atoms with E-state index in [0.717, 1.165) is 17.7 Å². The standard InChI is InChI=1S/C15H29N3O2/c1-11(2)16-14(19)10-18(4)12(3)15(20)17-13-8-6-5-7-9-13/h11-13H,5-10H2,1-4H3,(H,16,19)(H,17,20)/p+1/t12-/m1/s1. The van der Waals surface area contributed by atoms with Gasteiger partial charge in [0.25, 0.3) is 11.8 Å². The molecule has 2 atom stereocenters. The van der Waals surface area contributed by atoms with Gasteiger partial charge in [0, 0.05) is 12.1 Å². The van der Waals surface area contributed by atoms with Gasteiger partial charge in [-0.2, -0.15) is 0 Å². The van der Waals surface area contributed by atoms with Gasteiger partial charge in [-0.15, -0.1) is 0 Å². The van der Waals surface area contributed by atoms with Crippen LogP contribution in [0.15, 0.2) is 0 Å². The summed E-state index contributed by atoms with van der Waals surface area (Å²) in [6.45, 7) is 6.09. The number of amides is 2. The zero-order chi connectivity index (χ0) is 15.1. The van der Waals surface area contributed by atoms with E-state index in [-0.39, 0.29) is 23.9 Å². The summed E-state index contributed by atoms with van der Waals surface area (Å²) in [5, 5.41) is 5.98. The van der Waals surface area contributed by atoms with Crippen LogP contribution in [0.5, 0.6) is 0 Å². The van der Waals surface area contributed by atoms with E-state index in [2.05, 4.69) is 10.6 Å². The number of hydrogen-bond acceptors (Lipinski definition) is 2. The Kier molecular flexibility index (Phi) is 6.99. The van der Waals surface area contributed by atoms with Crippen molar-refractivity contribution in [3.8, 4) is 0 Å². The van der Waals surface area contributed by atoms with E-state index in [0.29, 0.717) is 12.6 Å². The lowest BCUT2D eigenvalue weighted by molar-refractivity contribution is -0.886. The molecule has 0 aromatic carbocycles. The molecule has 0 saturated heterocycles. The molecule has 20 heavy (non-hydrogen) atoms. The van der Waals surface area contributed by atoms with Crippen LogP contribution in [0.25, 0.3) is 0 Å². The van der Waals surface area contributed by atoms with Crippen molar-refractivity contribution in [2.45, 2.75) is 71.0 Å². The number of rotatable bonds is 6. The molecular weight excluding hydrogens is 254 g/mol. The third kappa shape index (κ3) is 5.90. The van der Waals surface area contributed by atoms with Crippen LogP contribution >= 0.6 is 0 Å². The SMILES string of the molecule is CC(C)NC(=O)C[NH+](C)[C@H](C)C(=O)NC1CCCCC1. The highest BCUT2D eigenvalue weighted by molar-refractivity contribution is 5.81. The number of carbonyl (C=O) groups excluding carboxylic acids is 2. The molecule has 2 amide bonds. The molecule has 0 aliphatic heterocycles. The Morgan fingerprint density at radius 3 is 2.30 bits per heavy atom. The van der Waals surface area contributed by atoms with E-state index in [4.69, 9.17) is 0 Å². The minimum absolute atomic E-state index is 0.00480. The minimum Gasteiger partial charge on any atom is -0.349 e. The van der Waals surface area contributed by atoms with Crippen molar-refractivity contribution in [2.24, 2.45) is 0 Å². The fourth-order valence-electron chi connectivity index (χ4n) is 2.58. The van der Waals surface area contributed by atoms with Gasteiger partial charge in [-0.3, -0.25) is 9.59 Å². The molecule has 5 nitrogen and oxygen atoms in total. The summed E-state index contributed by atoms with van der Waals surface area (Å²) in [6.07, 6.45) is 5.87. The molecule has 0 aromatic heterocycles. The second-order valence-electron chi connectivity index (χ2n) is 6.31. The summed E-state index contributed by atoms with van der Waals surface area (Å²) in [7, 11) is 1.89. The van der Waals surface area contributed by atoms with Crippen LogP contribution in [0.4, 0.5) is 0 Å². The number of quaternary nitrogens is 1. The number of nitrogens with one attached hydrogen (secondary N) is 3. The Morgan fingerprint density at radius 1 is 1.15 bits per heavy atom. The van der Waals surface area contributed by atoms with Gasteiger partial charge in [-0.1, -0.05) is 19.3 Å². The highest BCUT2D eigenvalue weighted by Crippen LogP contribution is 2.17. The van der Waals surface area contributed by atoms with Crippen LogP contribution in [-0.4, -0.2) is 43.5 Å². The molecule has 1 saturated carbocycles. The molecule has 1 aliphatic carbocycles. The largest absolute Gasteiger partial charge is 0.349 e. The van der Waals surface area contributed by atoms with Gasteiger partial charge in [0.2, 0.25) is 0 Å². The summed E-state index contributed by atoms with van der Waals surface area (Å²) in [5.74, 6) is 0.0570. The van der Waals surface area contributed by atoms with E-state index < -0.39 is 0 Å². The maximum Gasteiger partial charge on any atom is 0.278 e. The zero-order valence-corrected chi connectivity index (χ0v) is 13.3. The zero-order valence-electron chi connectivity index (χ0n) is 13.3. The molecule has 1 unspecified atom stereocenters. The Balaban J connectivity index is 2.36. The van der Waals surface area contributed by atoms with Crippen molar-refractivity contribution in [2.75, 3.05) is 13.6 Å². The normalized spacial score (nSPS) is 19.4. The van der Waals surface area contributed by atoms with Crippen LogP contribution in [0.3, 0.4) is 0 Å². The maximum absolute atomic E-state index is 12.2. The van der Waals surface area contributed by atoms with Gasteiger partial charge in [0.15, 0.2) is 12.6 Å². The third-order valence-corrected chi connectivity index (χ3v) is 3.97. The van der Waals surface area contributed by atoms with Gasteiger partial charge in [0.1, 0.15) is 0 Å². The Bertz CT molecular complexity index is 325. The lowest BCUT2D eigenvalue weighted by Crippen LogP contribution is -3.15. The molecule has 0 heterocycles. The quantitative estimate of drug-likeness (QED) is 0.636. The Morgan fingerprint density at radius 2 is 1.75 bits per heavy atom. The van der Waals surface area contributed by atoms with Crippen LogP contribution in [0.1, 0.15) is 52.9 Å². The molecule has 0 aromatic rings. The average molecular weight is 284 g/mol. The number of carbonyl (C=O) groups is 2. The fourth-order valence-corrected chi connectivity index (χ4v) is 2.58. The molecule has 5 heteroatoms. The van der Waals surface area contributed by atoms with Crippen molar-refractivity contribution in [3.63, 3.8) is 0 Å². The highest BCUT2D eigenvalue weighted by atomic mass is 16.2. The summed E-state index contributed by atoms with van der Waals surface area (Å²) in [4.78, 5) is 24.8. The van der Waals surface area contributed by atoms with Gasteiger partial charge in [-0.25, -0.2) is 0 Å². The van der Waals surface area contributed by atoms with Crippen molar-refractivity contribution in [1.82, 2.24) is 10.6 Å². The molecular formula is C15H30N3O2+. The number of hydrogen-bond donors (Lipinski definition) is 3. The highest BCUT2D eigenvalue weighted by Gasteiger charge is 2.26. The Hall–Kier alpha value is -1.10. The summed E-state index contributed by atoms with van der Waals surface area (Å²) < 4.78 is 0. The van der Waals surface area contributed by atoms with Crippen molar-refractivity contribution in [3.05, 3.63) is 0 Å². The van der Waals surface area contributed by atoms with E-state index >= 15 is 0 Å². The first kappa shape index (κ1) is 17.0. The first-order valence-electron chi connectivity index (χ1n) is 7.82. The van der Waals surface area contributed by atoms with Crippen LogP contribution < -0.4 is 15.5 Å². The molecule has 0 bridgehead atoms. The predicted molar refractivity (Wildman–Crippen MR) is 79.5 cm³/mol. The second kappa shape index (κ2) is 8.25. The lowest BCUT2D eigenvalue weighted by atomic mass is 9.95. The molecule has 3 N–H and O–H groups in total. The number of likely N-dealkylation sites (N-methyl/N-ethyl adjacent to an activating group) is 1. The minimum atomic E-state index is -0.199. The van der Waals surface area contributed by atoms with Gasteiger partial charge >= 0.3 is 0 Å². The van der Waals surface area contributed by atoms with Crippen molar-refractivity contribution >= 4 is 11.8 Å². The van der Waals surface area contributed by atoms with E-state index in [1.165, 1.54) is 19.3 Å². The van der Waals surface area contributed by atoms with Gasteiger partial charge < -0.3 is 15.5 Å². The molecule has 1 aliphatic rings. The smallest absolute Gasteiger partial charge is 0.278 e. The fraction of sp³-hybridized carbons (Fsp3) is 0.867. The molecule has 0 radical (unpaired) electrons. The molecule has 1 rings (SSSR count). The summed E-state index contributed by atoms with van der Waals surface area (Å²) in [5.41, 5.74) is 0. The topological polar surface area (TPSA) is 62.6 Å². The average Bonchev–Trinajstić information content (AvgIpc) is 2.37. The van der Waals surface area contributed by atoms with E-state index in [1.54, 1.807) is 0 Å². The van der Waals surface area contributed by atoms with Crippen molar-refractivity contribution in [1.29, 1.82) is 0 Å². The van der Waals surface area contributed by atoms with Gasteiger partial charge in [-0.05, 0) is 33.6 Å². The second-order valence-corrected chi connectivity index (χ2v) is 6.31. The van der Waals surface area contributed by atoms with E-state index in [9.17, 15) is 9.59 Å². The first-order valence-corrected chi connectivity index (χ1v) is 7.82. The van der Waals surface area contributed by atoms with Crippen LogP contribution in [-0.2, 0) is 9.59 Å². The molecule has 0 spiro atoms. The van der Waals surface area contributed by atoms with E-state index in [1.807, 2.05) is 27.8 Å². The first-order chi connectivity index (χ1) is 9.40. The van der Waals surface area contributed by atoms with Crippen LogP contribution in [0.2, 0.25) is 0 Å². The monoisotopic (exact) mass is 284 g/mol. The van der Waals surface area contributed by atoms with Crippen LogP contribution in [0, 0.1) is 0 Å². The van der Waals surface area contributed by atoms with Crippen molar-refractivity contribution < 1.29 is 14.5 Å². The predicted octanol–water partition coefficient (Wildman–Crippen LogP) is -0.137. The molecule has 1 fully saturated rings. The Labute approximate surface area is 122 Å². The molecule has 116 valence electrons. The summed E-state index contributed by atoms with van der Waals surface area (Å²) >= 11 is 0. The summed E-state index contributed by atoms with van der Waals surface area (Å²) in [6, 6.07) is 0.271. The maximum atomic E-state index is 12.2. The third-order valence-electron chi connectivity index (χ3n) is 3.97. The van der Waals surface area contributed by atoms with Gasteiger partial charge in [0.05, 0.1) is 7.05 Å².